The smallest absolute Gasteiger partial charge is 0.275 e. The van der Waals surface area contributed by atoms with Crippen LogP contribution in [-0.2, 0) is 4.79 Å². The molecule has 1 aliphatic heterocycles. The average Bonchev–Trinajstić information content (AvgIpc) is 2.39. The number of nitrogens with two attached hydrogens (primary N) is 1. The maximum atomic E-state index is 11.1. The molecule has 0 radical (unpaired) electrons. The molecular formula is C12H20N4O+2. The molecule has 0 bridgehead atoms. The number of nitrogens with zero attached hydrogens (tertiary/aromatic N) is 1. The van der Waals surface area contributed by atoms with Crippen LogP contribution in [0, 0.1) is 0 Å². The van der Waals surface area contributed by atoms with Crippen LogP contribution in [0.25, 0.3) is 0 Å². The summed E-state index contributed by atoms with van der Waals surface area (Å²) < 4.78 is 0. The molecule has 1 atom stereocenters. The summed E-state index contributed by atoms with van der Waals surface area (Å²) in [6, 6.07) is 5.98. The van der Waals surface area contributed by atoms with E-state index in [-0.39, 0.29) is 11.9 Å². The predicted octanol–water partition coefficient (Wildman–Crippen LogP) is -1.92. The third-order valence-corrected chi connectivity index (χ3v) is 3.48. The first kappa shape index (κ1) is 11.9. The normalized spacial score (nSPS) is 19.0. The Morgan fingerprint density at radius 1 is 1.47 bits per heavy atom. The van der Waals surface area contributed by atoms with Gasteiger partial charge in [-0.3, -0.25) is 9.69 Å². The van der Waals surface area contributed by atoms with Crippen molar-refractivity contribution in [2.24, 2.45) is 5.73 Å². The maximum Gasteiger partial charge on any atom is 0.275 e. The minimum Gasteiger partial charge on any atom is -0.365 e. The number of primary amides is 1. The van der Waals surface area contributed by atoms with Crippen molar-refractivity contribution in [1.29, 1.82) is 0 Å². The number of anilines is 1. The summed E-state index contributed by atoms with van der Waals surface area (Å²) in [6.45, 7) is 5.71. The Balaban J connectivity index is 1.93. The van der Waals surface area contributed by atoms with Gasteiger partial charge < -0.3 is 10.6 Å². The Labute approximate surface area is 101 Å². The number of quaternary nitrogens is 1. The zero-order chi connectivity index (χ0) is 12.3. The van der Waals surface area contributed by atoms with E-state index >= 15 is 0 Å². The molecule has 92 valence electrons. The molecule has 17 heavy (non-hydrogen) atoms. The van der Waals surface area contributed by atoms with E-state index in [2.05, 4.69) is 16.0 Å². The lowest BCUT2D eigenvalue weighted by atomic mass is 10.2. The fraction of sp³-hybridized carbons (Fsp3) is 0.500. The molecule has 1 amide bonds. The molecule has 2 rings (SSSR count). The molecule has 5 heteroatoms. The molecule has 1 aliphatic rings. The van der Waals surface area contributed by atoms with E-state index in [4.69, 9.17) is 5.73 Å². The van der Waals surface area contributed by atoms with Gasteiger partial charge in [-0.15, -0.1) is 0 Å². The number of nitrogens with one attached hydrogen (secondary N) is 2. The summed E-state index contributed by atoms with van der Waals surface area (Å²) >= 11 is 0. The third-order valence-electron chi connectivity index (χ3n) is 3.48. The molecule has 2 heterocycles. The van der Waals surface area contributed by atoms with Gasteiger partial charge in [-0.2, -0.15) is 0 Å². The second kappa shape index (κ2) is 5.14. The second-order valence-corrected chi connectivity index (χ2v) is 4.52. The topological polar surface area (TPSA) is 64.9 Å². The van der Waals surface area contributed by atoms with Gasteiger partial charge in [0.05, 0.1) is 6.20 Å². The lowest BCUT2D eigenvalue weighted by molar-refractivity contribution is -0.914. The van der Waals surface area contributed by atoms with Crippen LogP contribution in [0.1, 0.15) is 6.92 Å². The first-order valence-corrected chi connectivity index (χ1v) is 6.04. The van der Waals surface area contributed by atoms with Crippen LogP contribution >= 0.6 is 0 Å². The second-order valence-electron chi connectivity index (χ2n) is 4.52. The van der Waals surface area contributed by atoms with E-state index in [1.807, 2.05) is 25.3 Å². The molecule has 1 saturated heterocycles. The van der Waals surface area contributed by atoms with E-state index in [1.54, 1.807) is 0 Å². The summed E-state index contributed by atoms with van der Waals surface area (Å²) in [5.41, 5.74) is 5.33. The van der Waals surface area contributed by atoms with E-state index in [9.17, 15) is 4.79 Å². The van der Waals surface area contributed by atoms with Crippen molar-refractivity contribution in [2.45, 2.75) is 13.0 Å². The number of hydrogen-bond donors (Lipinski definition) is 2. The van der Waals surface area contributed by atoms with Gasteiger partial charge in [0.25, 0.3) is 11.7 Å². The molecule has 1 aromatic rings. The standard InChI is InChI=1S/C12H18N4O/c1-10(12(13)17)15-6-8-16(9-7-15)11-4-2-3-5-14-11/h2-5,10H,6-9H2,1H3,(H2,13,17)/p+2/t10-/m0/s1. The van der Waals surface area contributed by atoms with Crippen molar-refractivity contribution >= 4 is 11.7 Å². The monoisotopic (exact) mass is 236 g/mol. The van der Waals surface area contributed by atoms with Crippen molar-refractivity contribution in [3.8, 4) is 0 Å². The summed E-state index contributed by atoms with van der Waals surface area (Å²) in [6.07, 6.45) is 1.93. The number of H-pyrrole nitrogens is 1. The van der Waals surface area contributed by atoms with Crippen LogP contribution < -0.4 is 20.5 Å². The number of carbonyl (C=O) groups is 1. The van der Waals surface area contributed by atoms with Crippen LogP contribution in [0.15, 0.2) is 24.4 Å². The maximum absolute atomic E-state index is 11.1. The number of aromatic nitrogens is 1. The molecule has 4 N–H and O–H groups in total. The lowest BCUT2D eigenvalue weighted by Crippen LogP contribution is -3.19. The molecule has 1 fully saturated rings. The Bertz CT molecular complexity index is 373. The van der Waals surface area contributed by atoms with Crippen molar-refractivity contribution in [3.63, 3.8) is 0 Å². The molecule has 0 spiro atoms. The van der Waals surface area contributed by atoms with Crippen LogP contribution in [0.3, 0.4) is 0 Å². The number of aromatic amines is 1. The van der Waals surface area contributed by atoms with Crippen molar-refractivity contribution in [2.75, 3.05) is 31.1 Å². The van der Waals surface area contributed by atoms with Crippen LogP contribution in [0.5, 0.6) is 0 Å². The van der Waals surface area contributed by atoms with Crippen molar-refractivity contribution in [3.05, 3.63) is 24.4 Å². The van der Waals surface area contributed by atoms with E-state index in [1.165, 1.54) is 4.90 Å². The highest BCUT2D eigenvalue weighted by atomic mass is 16.1. The fourth-order valence-corrected chi connectivity index (χ4v) is 2.25. The quantitative estimate of drug-likeness (QED) is 0.642. The number of amides is 1. The average molecular weight is 236 g/mol. The van der Waals surface area contributed by atoms with Gasteiger partial charge in [-0.25, -0.2) is 4.98 Å². The Morgan fingerprint density at radius 3 is 2.71 bits per heavy atom. The summed E-state index contributed by atoms with van der Waals surface area (Å²) in [4.78, 5) is 17.9. The van der Waals surface area contributed by atoms with Gasteiger partial charge in [0.15, 0.2) is 6.04 Å². The lowest BCUT2D eigenvalue weighted by Gasteiger charge is -2.30. The number of piperazine rings is 1. The van der Waals surface area contributed by atoms with Crippen molar-refractivity contribution in [1.82, 2.24) is 0 Å². The SMILES string of the molecule is C[C@@H](C(N)=O)[NH+]1CCN(c2cccc[nH+]2)CC1. The van der Waals surface area contributed by atoms with Gasteiger partial charge in [0, 0.05) is 6.07 Å². The van der Waals surface area contributed by atoms with E-state index in [0.717, 1.165) is 32.0 Å². The largest absolute Gasteiger partial charge is 0.365 e. The van der Waals surface area contributed by atoms with E-state index in [0.29, 0.717) is 0 Å². The van der Waals surface area contributed by atoms with Gasteiger partial charge in [-0.1, -0.05) is 6.07 Å². The first-order chi connectivity index (χ1) is 8.18. The van der Waals surface area contributed by atoms with E-state index < -0.39 is 0 Å². The Morgan fingerprint density at radius 2 is 2.18 bits per heavy atom. The number of carbonyl (C=O) groups excluding carboxylic acids is 1. The molecule has 0 unspecified atom stereocenters. The van der Waals surface area contributed by atoms with Gasteiger partial charge >= 0.3 is 0 Å². The summed E-state index contributed by atoms with van der Waals surface area (Å²) in [5.74, 6) is 0.929. The van der Waals surface area contributed by atoms with Gasteiger partial charge in [0.2, 0.25) is 0 Å². The number of rotatable bonds is 3. The molecule has 5 nitrogen and oxygen atoms in total. The highest BCUT2D eigenvalue weighted by Crippen LogP contribution is 2.04. The minimum atomic E-state index is -0.209. The highest BCUT2D eigenvalue weighted by Gasteiger charge is 2.31. The summed E-state index contributed by atoms with van der Waals surface area (Å²) in [7, 11) is 0. The zero-order valence-corrected chi connectivity index (χ0v) is 10.1. The Kier molecular flexibility index (Phi) is 3.58. The molecule has 0 aliphatic carbocycles. The molecular weight excluding hydrogens is 216 g/mol. The van der Waals surface area contributed by atoms with Crippen LogP contribution in [-0.4, -0.2) is 38.1 Å². The molecule has 0 aromatic carbocycles. The van der Waals surface area contributed by atoms with Gasteiger partial charge in [-0.05, 0) is 13.0 Å². The first-order valence-electron chi connectivity index (χ1n) is 6.04. The molecule has 0 saturated carbocycles. The number of hydrogen-bond acceptors (Lipinski definition) is 2. The fourth-order valence-electron chi connectivity index (χ4n) is 2.25. The Hall–Kier alpha value is -1.62. The van der Waals surface area contributed by atoms with Gasteiger partial charge in [0.1, 0.15) is 26.2 Å². The minimum absolute atomic E-state index is 0.0862. The highest BCUT2D eigenvalue weighted by molar-refractivity contribution is 5.77. The van der Waals surface area contributed by atoms with Crippen LogP contribution in [0.2, 0.25) is 0 Å². The van der Waals surface area contributed by atoms with Crippen molar-refractivity contribution < 1.29 is 14.7 Å². The molecule has 1 aromatic heterocycles. The zero-order valence-electron chi connectivity index (χ0n) is 10.1. The number of pyridine rings is 1. The summed E-state index contributed by atoms with van der Waals surface area (Å²) in [5, 5.41) is 0. The third kappa shape index (κ3) is 2.74. The van der Waals surface area contributed by atoms with Crippen LogP contribution in [0.4, 0.5) is 5.82 Å². The predicted molar refractivity (Wildman–Crippen MR) is 64.6 cm³/mol.